The Hall–Kier alpha value is -2.08. The second-order valence-corrected chi connectivity index (χ2v) is 4.94. The summed E-state index contributed by atoms with van der Waals surface area (Å²) in [5, 5.41) is 3.12. The van der Waals surface area contributed by atoms with Crippen molar-refractivity contribution in [1.29, 1.82) is 0 Å². The van der Waals surface area contributed by atoms with E-state index in [0.717, 1.165) is 12.0 Å². The number of amides is 2. The van der Waals surface area contributed by atoms with Crippen molar-refractivity contribution in [3.63, 3.8) is 0 Å². The fourth-order valence-corrected chi connectivity index (χ4v) is 2.34. The Morgan fingerprint density at radius 1 is 1.24 bits per heavy atom. The summed E-state index contributed by atoms with van der Waals surface area (Å²) in [7, 11) is 4.71. The van der Waals surface area contributed by atoms with Crippen LogP contribution in [0.1, 0.15) is 12.0 Å². The summed E-state index contributed by atoms with van der Waals surface area (Å²) in [5.41, 5.74) is 1.07. The number of benzene rings is 1. The standard InChI is InChI=1S/C15H20N2O4/c1-17-14(18)9-11(15(17)19)16-7-6-10-4-5-12(20-2)13(8-10)21-3/h4-5,8,11,16H,6-7,9H2,1-3H3/t11-/m0/s1. The van der Waals surface area contributed by atoms with Crippen LogP contribution >= 0.6 is 0 Å². The van der Waals surface area contributed by atoms with E-state index in [1.807, 2.05) is 18.2 Å². The van der Waals surface area contributed by atoms with Crippen molar-refractivity contribution in [2.24, 2.45) is 0 Å². The summed E-state index contributed by atoms with van der Waals surface area (Å²) < 4.78 is 10.4. The quantitative estimate of drug-likeness (QED) is 0.777. The Kier molecular flexibility index (Phi) is 4.80. The normalized spacial score (nSPS) is 18.2. The first-order valence-electron chi connectivity index (χ1n) is 6.81. The zero-order chi connectivity index (χ0) is 15.4. The monoisotopic (exact) mass is 292 g/mol. The van der Waals surface area contributed by atoms with Crippen molar-refractivity contribution in [3.8, 4) is 11.5 Å². The van der Waals surface area contributed by atoms with Crippen molar-refractivity contribution in [2.45, 2.75) is 18.9 Å². The Bertz CT molecular complexity index is 544. The third-order valence-electron chi connectivity index (χ3n) is 3.63. The predicted molar refractivity (Wildman–Crippen MR) is 77.4 cm³/mol. The van der Waals surface area contributed by atoms with Crippen LogP contribution in [0.4, 0.5) is 0 Å². The van der Waals surface area contributed by atoms with E-state index in [2.05, 4.69) is 5.32 Å². The molecule has 1 aliphatic rings. The molecule has 21 heavy (non-hydrogen) atoms. The molecule has 1 N–H and O–H groups in total. The van der Waals surface area contributed by atoms with Crippen LogP contribution in [-0.2, 0) is 16.0 Å². The van der Waals surface area contributed by atoms with Crippen molar-refractivity contribution < 1.29 is 19.1 Å². The first-order valence-corrected chi connectivity index (χ1v) is 6.81. The van der Waals surface area contributed by atoms with Gasteiger partial charge < -0.3 is 14.8 Å². The lowest BCUT2D eigenvalue weighted by Crippen LogP contribution is -2.38. The fourth-order valence-electron chi connectivity index (χ4n) is 2.34. The number of carbonyl (C=O) groups excluding carboxylic acids is 2. The van der Waals surface area contributed by atoms with Gasteiger partial charge in [0.15, 0.2) is 11.5 Å². The van der Waals surface area contributed by atoms with Gasteiger partial charge in [0.05, 0.1) is 26.7 Å². The number of likely N-dealkylation sites (tertiary alicyclic amines) is 1. The van der Waals surface area contributed by atoms with E-state index in [0.29, 0.717) is 18.0 Å². The van der Waals surface area contributed by atoms with Gasteiger partial charge in [0.2, 0.25) is 11.8 Å². The molecule has 1 fully saturated rings. The molecule has 1 heterocycles. The smallest absolute Gasteiger partial charge is 0.246 e. The molecule has 0 aromatic heterocycles. The van der Waals surface area contributed by atoms with Gasteiger partial charge in [-0.3, -0.25) is 14.5 Å². The molecule has 0 aliphatic carbocycles. The SMILES string of the molecule is COc1ccc(CCN[C@H]2CC(=O)N(C)C2=O)cc1OC. The molecule has 0 spiro atoms. The summed E-state index contributed by atoms with van der Waals surface area (Å²) in [4.78, 5) is 24.3. The minimum absolute atomic E-state index is 0.136. The molecule has 2 rings (SSSR count). The Balaban J connectivity index is 1.89. The van der Waals surface area contributed by atoms with Crippen LogP contribution in [0.25, 0.3) is 0 Å². The fraction of sp³-hybridized carbons (Fsp3) is 0.467. The molecular weight excluding hydrogens is 272 g/mol. The van der Waals surface area contributed by atoms with Crippen molar-refractivity contribution in [2.75, 3.05) is 27.8 Å². The van der Waals surface area contributed by atoms with Gasteiger partial charge in [-0.25, -0.2) is 0 Å². The lowest BCUT2D eigenvalue weighted by molar-refractivity contribution is -0.137. The molecule has 1 atom stereocenters. The molecular formula is C15H20N2O4. The molecule has 0 radical (unpaired) electrons. The topological polar surface area (TPSA) is 67.9 Å². The van der Waals surface area contributed by atoms with Crippen LogP contribution < -0.4 is 14.8 Å². The first-order chi connectivity index (χ1) is 10.1. The minimum atomic E-state index is -0.400. The second kappa shape index (κ2) is 6.58. The van der Waals surface area contributed by atoms with Crippen LogP contribution in [0.3, 0.4) is 0 Å². The van der Waals surface area contributed by atoms with E-state index in [1.54, 1.807) is 14.2 Å². The molecule has 0 saturated carbocycles. The van der Waals surface area contributed by atoms with Gasteiger partial charge in [-0.15, -0.1) is 0 Å². The number of methoxy groups -OCH3 is 2. The molecule has 1 aromatic carbocycles. The third kappa shape index (κ3) is 3.33. The number of nitrogens with zero attached hydrogens (tertiary/aromatic N) is 1. The molecule has 0 unspecified atom stereocenters. The van der Waals surface area contributed by atoms with Gasteiger partial charge in [0.25, 0.3) is 0 Å². The number of nitrogens with one attached hydrogen (secondary N) is 1. The Labute approximate surface area is 124 Å². The predicted octanol–water partition coefficient (Wildman–Crippen LogP) is 0.593. The number of hydrogen-bond donors (Lipinski definition) is 1. The zero-order valence-electron chi connectivity index (χ0n) is 12.5. The van der Waals surface area contributed by atoms with Gasteiger partial charge in [0, 0.05) is 7.05 Å². The first kappa shape index (κ1) is 15.3. The summed E-state index contributed by atoms with van der Waals surface area (Å²) in [6.07, 6.45) is 0.976. The molecule has 114 valence electrons. The summed E-state index contributed by atoms with van der Waals surface area (Å²) in [6.45, 7) is 0.618. The number of hydrogen-bond acceptors (Lipinski definition) is 5. The summed E-state index contributed by atoms with van der Waals surface area (Å²) in [6, 6.07) is 5.32. The zero-order valence-corrected chi connectivity index (χ0v) is 12.5. The van der Waals surface area contributed by atoms with Crippen LogP contribution in [0.5, 0.6) is 11.5 Å². The number of rotatable bonds is 6. The maximum Gasteiger partial charge on any atom is 0.246 e. The number of imide groups is 1. The Morgan fingerprint density at radius 3 is 2.52 bits per heavy atom. The van der Waals surface area contributed by atoms with Gasteiger partial charge in [-0.2, -0.15) is 0 Å². The van der Waals surface area contributed by atoms with E-state index in [-0.39, 0.29) is 18.2 Å². The maximum absolute atomic E-state index is 11.7. The molecule has 0 bridgehead atoms. The van der Waals surface area contributed by atoms with Crippen molar-refractivity contribution in [1.82, 2.24) is 10.2 Å². The van der Waals surface area contributed by atoms with E-state index in [9.17, 15) is 9.59 Å². The van der Waals surface area contributed by atoms with Crippen LogP contribution in [-0.4, -0.2) is 50.6 Å². The number of ether oxygens (including phenoxy) is 2. The molecule has 1 saturated heterocycles. The molecule has 1 aromatic rings. The van der Waals surface area contributed by atoms with E-state index in [1.165, 1.54) is 11.9 Å². The lowest BCUT2D eigenvalue weighted by atomic mass is 10.1. The molecule has 2 amide bonds. The highest BCUT2D eigenvalue weighted by molar-refractivity contribution is 6.05. The highest BCUT2D eigenvalue weighted by atomic mass is 16.5. The molecule has 6 nitrogen and oxygen atoms in total. The van der Waals surface area contributed by atoms with E-state index >= 15 is 0 Å². The molecule has 6 heteroatoms. The minimum Gasteiger partial charge on any atom is -0.493 e. The summed E-state index contributed by atoms with van der Waals surface area (Å²) >= 11 is 0. The maximum atomic E-state index is 11.7. The van der Waals surface area contributed by atoms with Gasteiger partial charge >= 0.3 is 0 Å². The van der Waals surface area contributed by atoms with E-state index in [4.69, 9.17) is 9.47 Å². The largest absolute Gasteiger partial charge is 0.493 e. The average molecular weight is 292 g/mol. The van der Waals surface area contributed by atoms with Crippen molar-refractivity contribution >= 4 is 11.8 Å². The second-order valence-electron chi connectivity index (χ2n) is 4.94. The van der Waals surface area contributed by atoms with Crippen molar-refractivity contribution in [3.05, 3.63) is 23.8 Å². The number of carbonyl (C=O) groups is 2. The van der Waals surface area contributed by atoms with Gasteiger partial charge in [0.1, 0.15) is 0 Å². The van der Waals surface area contributed by atoms with Crippen LogP contribution in [0.15, 0.2) is 18.2 Å². The van der Waals surface area contributed by atoms with Gasteiger partial charge in [-0.05, 0) is 30.7 Å². The third-order valence-corrected chi connectivity index (χ3v) is 3.63. The van der Waals surface area contributed by atoms with Crippen LogP contribution in [0, 0.1) is 0 Å². The lowest BCUT2D eigenvalue weighted by Gasteiger charge is -2.12. The highest BCUT2D eigenvalue weighted by Crippen LogP contribution is 2.27. The van der Waals surface area contributed by atoms with Crippen LogP contribution in [0.2, 0.25) is 0 Å². The summed E-state index contributed by atoms with van der Waals surface area (Å²) in [5.74, 6) is 1.07. The highest BCUT2D eigenvalue weighted by Gasteiger charge is 2.35. The number of likely N-dealkylation sites (N-methyl/N-ethyl adjacent to an activating group) is 1. The Morgan fingerprint density at radius 2 is 1.95 bits per heavy atom. The van der Waals surface area contributed by atoms with E-state index < -0.39 is 6.04 Å². The molecule has 1 aliphatic heterocycles. The average Bonchev–Trinajstić information content (AvgIpc) is 2.74. The van der Waals surface area contributed by atoms with Gasteiger partial charge in [-0.1, -0.05) is 6.07 Å².